The summed E-state index contributed by atoms with van der Waals surface area (Å²) in [5.41, 5.74) is 1.89. The van der Waals surface area contributed by atoms with E-state index in [-0.39, 0.29) is 18.1 Å². The van der Waals surface area contributed by atoms with E-state index in [0.29, 0.717) is 13.1 Å². The average molecular weight is 330 g/mol. The molecule has 1 aromatic carbocycles. The van der Waals surface area contributed by atoms with Crippen molar-refractivity contribution in [2.45, 2.75) is 26.9 Å². The number of ether oxygens (including phenoxy) is 1. The summed E-state index contributed by atoms with van der Waals surface area (Å²) in [7, 11) is 0. The molecule has 130 valence electrons. The van der Waals surface area contributed by atoms with E-state index in [1.807, 2.05) is 38.1 Å². The maximum Gasteiger partial charge on any atom is 0.321 e. The van der Waals surface area contributed by atoms with Gasteiger partial charge in [-0.25, -0.2) is 4.79 Å². The minimum atomic E-state index is -0.179. The largest absolute Gasteiger partial charge is 0.375 e. The van der Waals surface area contributed by atoms with Crippen LogP contribution in [0.25, 0.3) is 0 Å². The van der Waals surface area contributed by atoms with Gasteiger partial charge in [0.25, 0.3) is 0 Å². The Kier molecular flexibility index (Phi) is 6.44. The van der Waals surface area contributed by atoms with Crippen molar-refractivity contribution in [3.63, 3.8) is 0 Å². The van der Waals surface area contributed by atoms with Crippen molar-refractivity contribution in [1.29, 1.82) is 5.26 Å². The molecule has 0 radical (unpaired) electrons. The number of amides is 2. The van der Waals surface area contributed by atoms with Crippen LogP contribution in [0.15, 0.2) is 24.3 Å². The Morgan fingerprint density at radius 1 is 1.50 bits per heavy atom. The van der Waals surface area contributed by atoms with E-state index >= 15 is 0 Å². The Morgan fingerprint density at radius 3 is 2.79 bits per heavy atom. The summed E-state index contributed by atoms with van der Waals surface area (Å²) in [6.45, 7) is 9.29. The number of morpholine rings is 1. The fourth-order valence-electron chi connectivity index (χ4n) is 2.74. The van der Waals surface area contributed by atoms with E-state index in [9.17, 15) is 4.79 Å². The van der Waals surface area contributed by atoms with E-state index in [2.05, 4.69) is 23.2 Å². The molecular weight excluding hydrogens is 304 g/mol. The number of nitrogens with zero attached hydrogens (tertiary/aromatic N) is 3. The number of hydrogen-bond acceptors (Lipinski definition) is 4. The van der Waals surface area contributed by atoms with Gasteiger partial charge in [-0.15, -0.1) is 0 Å². The molecule has 6 heteroatoms. The van der Waals surface area contributed by atoms with Gasteiger partial charge in [0, 0.05) is 37.6 Å². The molecule has 0 spiro atoms. The first-order valence-electron chi connectivity index (χ1n) is 8.45. The van der Waals surface area contributed by atoms with Crippen LogP contribution in [0.5, 0.6) is 0 Å². The topological polar surface area (TPSA) is 68.6 Å². The van der Waals surface area contributed by atoms with Crippen LogP contribution in [0.4, 0.5) is 16.2 Å². The van der Waals surface area contributed by atoms with Gasteiger partial charge in [-0.1, -0.05) is 0 Å². The summed E-state index contributed by atoms with van der Waals surface area (Å²) < 4.78 is 5.56. The van der Waals surface area contributed by atoms with Gasteiger partial charge in [0.2, 0.25) is 0 Å². The summed E-state index contributed by atoms with van der Waals surface area (Å²) in [5, 5.41) is 11.8. The van der Waals surface area contributed by atoms with Crippen LogP contribution < -0.4 is 10.2 Å². The smallest absolute Gasteiger partial charge is 0.321 e. The van der Waals surface area contributed by atoms with Gasteiger partial charge >= 0.3 is 6.03 Å². The van der Waals surface area contributed by atoms with Crippen LogP contribution >= 0.6 is 0 Å². The first-order chi connectivity index (χ1) is 11.5. The van der Waals surface area contributed by atoms with Gasteiger partial charge in [0.1, 0.15) is 0 Å². The number of urea groups is 1. The molecule has 1 aliphatic rings. The first-order valence-corrected chi connectivity index (χ1v) is 8.45. The Labute approximate surface area is 144 Å². The zero-order valence-electron chi connectivity index (χ0n) is 14.7. The SMILES string of the molecule is CCN(C[C@@H](C)C#N)C(=O)Nc1ccc(N2CCO[C@H](C)C2)cc1. The Hall–Kier alpha value is -2.26. The van der Waals surface area contributed by atoms with Crippen molar-refractivity contribution in [1.82, 2.24) is 4.90 Å². The summed E-state index contributed by atoms with van der Waals surface area (Å²) in [4.78, 5) is 16.2. The third kappa shape index (κ3) is 4.87. The number of nitrogens with one attached hydrogen (secondary N) is 1. The van der Waals surface area contributed by atoms with E-state index in [0.717, 1.165) is 31.1 Å². The average Bonchev–Trinajstić information content (AvgIpc) is 2.60. The van der Waals surface area contributed by atoms with E-state index in [4.69, 9.17) is 10.00 Å². The fraction of sp³-hybridized carbons (Fsp3) is 0.556. The van der Waals surface area contributed by atoms with Gasteiger partial charge in [0.15, 0.2) is 0 Å². The molecule has 0 bridgehead atoms. The minimum Gasteiger partial charge on any atom is -0.375 e. The molecule has 0 aliphatic carbocycles. The zero-order chi connectivity index (χ0) is 17.5. The summed E-state index contributed by atoms with van der Waals surface area (Å²) >= 11 is 0. The number of rotatable bonds is 5. The van der Waals surface area contributed by atoms with Crippen LogP contribution in [0.1, 0.15) is 20.8 Å². The molecule has 0 unspecified atom stereocenters. The lowest BCUT2D eigenvalue weighted by Crippen LogP contribution is -2.41. The summed E-state index contributed by atoms with van der Waals surface area (Å²) in [5.74, 6) is -0.179. The van der Waals surface area contributed by atoms with E-state index < -0.39 is 0 Å². The lowest BCUT2D eigenvalue weighted by molar-refractivity contribution is 0.0532. The predicted molar refractivity (Wildman–Crippen MR) is 95.1 cm³/mol. The highest BCUT2D eigenvalue weighted by atomic mass is 16.5. The van der Waals surface area contributed by atoms with Crippen LogP contribution in [0.3, 0.4) is 0 Å². The van der Waals surface area contributed by atoms with Gasteiger partial charge < -0.3 is 19.9 Å². The molecule has 0 aromatic heterocycles. The Balaban J connectivity index is 1.95. The molecule has 24 heavy (non-hydrogen) atoms. The number of benzene rings is 1. The molecule has 2 rings (SSSR count). The second kappa shape index (κ2) is 8.55. The predicted octanol–water partition coefficient (Wildman–Crippen LogP) is 2.93. The Bertz CT molecular complexity index is 582. The van der Waals surface area contributed by atoms with Crippen molar-refractivity contribution in [3.05, 3.63) is 24.3 Å². The fourth-order valence-corrected chi connectivity index (χ4v) is 2.74. The van der Waals surface area contributed by atoms with Crippen molar-refractivity contribution >= 4 is 17.4 Å². The lowest BCUT2D eigenvalue weighted by Gasteiger charge is -2.33. The third-order valence-electron chi connectivity index (χ3n) is 4.11. The van der Waals surface area contributed by atoms with Crippen LogP contribution in [0, 0.1) is 17.2 Å². The van der Waals surface area contributed by atoms with E-state index in [1.165, 1.54) is 0 Å². The van der Waals surface area contributed by atoms with Crippen molar-refractivity contribution < 1.29 is 9.53 Å². The first kappa shape index (κ1) is 18.1. The summed E-state index contributed by atoms with van der Waals surface area (Å²) in [6, 6.07) is 9.84. The maximum atomic E-state index is 12.3. The van der Waals surface area contributed by atoms with Crippen LogP contribution in [-0.4, -0.2) is 49.8 Å². The molecule has 1 fully saturated rings. The number of hydrogen-bond donors (Lipinski definition) is 1. The van der Waals surface area contributed by atoms with Gasteiger partial charge in [0.05, 0.1) is 24.7 Å². The highest BCUT2D eigenvalue weighted by molar-refractivity contribution is 5.89. The monoisotopic (exact) mass is 330 g/mol. The van der Waals surface area contributed by atoms with Gasteiger partial charge in [-0.2, -0.15) is 5.26 Å². The number of carbonyl (C=O) groups excluding carboxylic acids is 1. The highest BCUT2D eigenvalue weighted by Gasteiger charge is 2.18. The normalized spacial score (nSPS) is 18.6. The molecule has 2 amide bonds. The van der Waals surface area contributed by atoms with Gasteiger partial charge in [-0.3, -0.25) is 0 Å². The molecule has 1 saturated heterocycles. The molecule has 1 heterocycles. The molecule has 2 atom stereocenters. The zero-order valence-corrected chi connectivity index (χ0v) is 14.7. The lowest BCUT2D eigenvalue weighted by atomic mass is 10.2. The maximum absolute atomic E-state index is 12.3. The molecule has 1 N–H and O–H groups in total. The number of carbonyl (C=O) groups is 1. The number of nitriles is 1. The minimum absolute atomic E-state index is 0.174. The molecular formula is C18H26N4O2. The summed E-state index contributed by atoms with van der Waals surface area (Å²) in [6.07, 6.45) is 0.235. The van der Waals surface area contributed by atoms with Crippen molar-refractivity contribution in [3.8, 4) is 6.07 Å². The Morgan fingerprint density at radius 2 is 2.21 bits per heavy atom. The second-order valence-electron chi connectivity index (χ2n) is 6.17. The van der Waals surface area contributed by atoms with Crippen LogP contribution in [0.2, 0.25) is 0 Å². The standard InChI is InChI=1S/C18H26N4O2/c1-4-21(12-14(2)11-19)18(23)20-16-5-7-17(8-6-16)22-9-10-24-15(3)13-22/h5-8,14-15H,4,9-10,12-13H2,1-3H3,(H,20,23)/t14-,15+/m0/s1. The molecule has 1 aromatic rings. The second-order valence-corrected chi connectivity index (χ2v) is 6.17. The molecule has 1 aliphatic heterocycles. The van der Waals surface area contributed by atoms with E-state index in [1.54, 1.807) is 4.90 Å². The third-order valence-corrected chi connectivity index (χ3v) is 4.11. The highest BCUT2D eigenvalue weighted by Crippen LogP contribution is 2.20. The molecule has 6 nitrogen and oxygen atoms in total. The van der Waals surface area contributed by atoms with Crippen molar-refractivity contribution in [2.75, 3.05) is 43.0 Å². The van der Waals surface area contributed by atoms with Crippen molar-refractivity contribution in [2.24, 2.45) is 5.92 Å². The quantitative estimate of drug-likeness (QED) is 0.901. The molecule has 0 saturated carbocycles. The van der Waals surface area contributed by atoms with Gasteiger partial charge in [-0.05, 0) is 45.0 Å². The number of anilines is 2. The van der Waals surface area contributed by atoms with Crippen LogP contribution in [-0.2, 0) is 4.74 Å².